The summed E-state index contributed by atoms with van der Waals surface area (Å²) in [4.78, 5) is 0. The van der Waals surface area contributed by atoms with E-state index in [1.807, 2.05) is 17.9 Å². The quantitative estimate of drug-likeness (QED) is 0.555. The van der Waals surface area contributed by atoms with Crippen LogP contribution >= 0.6 is 0 Å². The number of aromatic nitrogens is 2. The molecular formula is C9H10N2. The van der Waals surface area contributed by atoms with Crippen molar-refractivity contribution in [2.75, 3.05) is 0 Å². The lowest BCUT2D eigenvalue weighted by molar-refractivity contribution is 0.796. The zero-order valence-corrected chi connectivity index (χ0v) is 6.70. The Bertz CT molecular complexity index is 387. The van der Waals surface area contributed by atoms with E-state index in [0.717, 1.165) is 0 Å². The number of rotatable bonds is 0. The van der Waals surface area contributed by atoms with E-state index < -0.39 is 0 Å². The van der Waals surface area contributed by atoms with Crippen molar-refractivity contribution in [3.63, 3.8) is 0 Å². The molecule has 1 aromatic carbocycles. The lowest BCUT2D eigenvalue weighted by atomic mass is 10.2. The Hall–Kier alpha value is -1.31. The standard InChI is InChI=1S/C9H10N2/c1-7-3-4-8-6-10-11(2)9(8)5-7/h3-6H,1-2H3. The number of hydrogen-bond donors (Lipinski definition) is 0. The fourth-order valence-corrected chi connectivity index (χ4v) is 1.25. The topological polar surface area (TPSA) is 17.8 Å². The minimum absolute atomic E-state index is 1.20. The van der Waals surface area contributed by atoms with Crippen LogP contribution in [0.15, 0.2) is 24.4 Å². The maximum atomic E-state index is 4.15. The first kappa shape index (κ1) is 6.40. The molecule has 2 heteroatoms. The fraction of sp³-hybridized carbons (Fsp3) is 0.222. The molecule has 11 heavy (non-hydrogen) atoms. The summed E-state index contributed by atoms with van der Waals surface area (Å²) in [6.07, 6.45) is 1.88. The first-order chi connectivity index (χ1) is 5.27. The molecular weight excluding hydrogens is 136 g/mol. The number of aryl methyl sites for hydroxylation is 2. The van der Waals surface area contributed by atoms with Crippen LogP contribution in [0.4, 0.5) is 0 Å². The van der Waals surface area contributed by atoms with Gasteiger partial charge < -0.3 is 0 Å². The van der Waals surface area contributed by atoms with E-state index in [9.17, 15) is 0 Å². The Morgan fingerprint density at radius 1 is 1.36 bits per heavy atom. The van der Waals surface area contributed by atoms with Crippen molar-refractivity contribution >= 4 is 10.9 Å². The first-order valence-corrected chi connectivity index (χ1v) is 3.66. The largest absolute Gasteiger partial charge is 0.268 e. The molecule has 56 valence electrons. The maximum absolute atomic E-state index is 4.15. The van der Waals surface area contributed by atoms with Gasteiger partial charge in [-0.05, 0) is 18.6 Å². The molecule has 1 heterocycles. The van der Waals surface area contributed by atoms with Crippen LogP contribution in [0.2, 0.25) is 0 Å². The van der Waals surface area contributed by atoms with Crippen LogP contribution in [0.5, 0.6) is 0 Å². The van der Waals surface area contributed by atoms with Crippen LogP contribution in [0.3, 0.4) is 0 Å². The van der Waals surface area contributed by atoms with Crippen molar-refractivity contribution in [1.29, 1.82) is 0 Å². The fourth-order valence-electron chi connectivity index (χ4n) is 1.25. The summed E-state index contributed by atoms with van der Waals surface area (Å²) in [5.74, 6) is 0. The molecule has 0 saturated carbocycles. The van der Waals surface area contributed by atoms with E-state index in [2.05, 4.69) is 30.2 Å². The Labute approximate surface area is 65.5 Å². The lowest BCUT2D eigenvalue weighted by Crippen LogP contribution is -1.88. The van der Waals surface area contributed by atoms with E-state index in [1.165, 1.54) is 16.5 Å². The third-order valence-electron chi connectivity index (χ3n) is 1.90. The summed E-state index contributed by atoms with van der Waals surface area (Å²) in [7, 11) is 1.96. The van der Waals surface area contributed by atoms with Crippen LogP contribution < -0.4 is 0 Å². The molecule has 0 spiro atoms. The van der Waals surface area contributed by atoms with Crippen LogP contribution in [-0.2, 0) is 7.05 Å². The molecule has 0 unspecified atom stereocenters. The van der Waals surface area contributed by atoms with Crippen LogP contribution in [-0.4, -0.2) is 9.78 Å². The predicted octanol–water partition coefficient (Wildman–Crippen LogP) is 1.88. The van der Waals surface area contributed by atoms with Gasteiger partial charge in [-0.3, -0.25) is 4.68 Å². The van der Waals surface area contributed by atoms with Gasteiger partial charge in [-0.15, -0.1) is 0 Å². The Kier molecular flexibility index (Phi) is 1.22. The molecule has 0 bridgehead atoms. The van der Waals surface area contributed by atoms with Gasteiger partial charge in [-0.1, -0.05) is 12.1 Å². The third kappa shape index (κ3) is 0.909. The first-order valence-electron chi connectivity index (χ1n) is 3.66. The number of benzene rings is 1. The molecule has 0 aliphatic carbocycles. The minimum atomic E-state index is 1.20. The highest BCUT2D eigenvalue weighted by Crippen LogP contribution is 2.13. The van der Waals surface area contributed by atoms with Crippen molar-refractivity contribution in [3.8, 4) is 0 Å². The number of hydrogen-bond acceptors (Lipinski definition) is 1. The summed E-state index contributed by atoms with van der Waals surface area (Å²) < 4.78 is 1.89. The van der Waals surface area contributed by atoms with Gasteiger partial charge in [-0.25, -0.2) is 0 Å². The molecule has 2 nitrogen and oxygen atoms in total. The second kappa shape index (κ2) is 2.09. The smallest absolute Gasteiger partial charge is 0.0681 e. The van der Waals surface area contributed by atoms with E-state index in [-0.39, 0.29) is 0 Å². The molecule has 0 aliphatic heterocycles. The summed E-state index contributed by atoms with van der Waals surface area (Å²) in [6, 6.07) is 6.34. The highest BCUT2D eigenvalue weighted by molar-refractivity contribution is 5.79. The molecule has 2 rings (SSSR count). The van der Waals surface area contributed by atoms with Gasteiger partial charge in [0.1, 0.15) is 0 Å². The number of fused-ring (bicyclic) bond motifs is 1. The summed E-state index contributed by atoms with van der Waals surface area (Å²) in [6.45, 7) is 2.09. The zero-order valence-electron chi connectivity index (χ0n) is 6.70. The lowest BCUT2D eigenvalue weighted by Gasteiger charge is -1.94. The van der Waals surface area contributed by atoms with E-state index in [0.29, 0.717) is 0 Å². The average Bonchev–Trinajstić information content (AvgIpc) is 2.33. The van der Waals surface area contributed by atoms with Gasteiger partial charge in [0.2, 0.25) is 0 Å². The van der Waals surface area contributed by atoms with Gasteiger partial charge >= 0.3 is 0 Å². The van der Waals surface area contributed by atoms with Crippen molar-refractivity contribution in [2.24, 2.45) is 7.05 Å². The molecule has 0 N–H and O–H groups in total. The second-order valence-corrected chi connectivity index (χ2v) is 2.83. The molecule has 0 aliphatic rings. The summed E-state index contributed by atoms with van der Waals surface area (Å²) >= 11 is 0. The van der Waals surface area contributed by atoms with Crippen LogP contribution in [0, 0.1) is 6.92 Å². The number of nitrogens with zero attached hydrogens (tertiary/aromatic N) is 2. The van der Waals surface area contributed by atoms with Gasteiger partial charge in [0, 0.05) is 12.4 Å². The average molecular weight is 146 g/mol. The predicted molar refractivity (Wildman–Crippen MR) is 45.5 cm³/mol. The molecule has 0 atom stereocenters. The maximum Gasteiger partial charge on any atom is 0.0681 e. The Morgan fingerprint density at radius 3 is 3.00 bits per heavy atom. The normalized spacial score (nSPS) is 10.7. The molecule has 0 fully saturated rings. The van der Waals surface area contributed by atoms with Crippen molar-refractivity contribution in [1.82, 2.24) is 9.78 Å². The van der Waals surface area contributed by atoms with Crippen molar-refractivity contribution in [3.05, 3.63) is 30.0 Å². The van der Waals surface area contributed by atoms with Gasteiger partial charge in [0.05, 0.1) is 11.7 Å². The van der Waals surface area contributed by atoms with Gasteiger partial charge in [0.25, 0.3) is 0 Å². The molecule has 0 amide bonds. The molecule has 2 aromatic rings. The Morgan fingerprint density at radius 2 is 2.18 bits per heavy atom. The minimum Gasteiger partial charge on any atom is -0.268 e. The summed E-state index contributed by atoms with van der Waals surface area (Å²) in [5.41, 5.74) is 2.48. The third-order valence-corrected chi connectivity index (χ3v) is 1.90. The van der Waals surface area contributed by atoms with Crippen molar-refractivity contribution in [2.45, 2.75) is 6.92 Å². The van der Waals surface area contributed by atoms with E-state index in [4.69, 9.17) is 0 Å². The SMILES string of the molecule is Cc1ccc2cnn(C)c2c1. The molecule has 0 saturated heterocycles. The van der Waals surface area contributed by atoms with Gasteiger partial charge in [-0.2, -0.15) is 5.10 Å². The zero-order chi connectivity index (χ0) is 7.84. The summed E-state index contributed by atoms with van der Waals surface area (Å²) in [5, 5.41) is 5.36. The highest BCUT2D eigenvalue weighted by Gasteiger charge is 1.96. The molecule has 0 radical (unpaired) electrons. The van der Waals surface area contributed by atoms with Crippen molar-refractivity contribution < 1.29 is 0 Å². The Balaban J connectivity index is 2.87. The van der Waals surface area contributed by atoms with E-state index >= 15 is 0 Å². The monoisotopic (exact) mass is 146 g/mol. The molecule has 1 aromatic heterocycles. The van der Waals surface area contributed by atoms with E-state index in [1.54, 1.807) is 0 Å². The van der Waals surface area contributed by atoms with Gasteiger partial charge in [0.15, 0.2) is 0 Å². The second-order valence-electron chi connectivity index (χ2n) is 2.83. The highest BCUT2D eigenvalue weighted by atomic mass is 15.2. The van der Waals surface area contributed by atoms with Crippen LogP contribution in [0.25, 0.3) is 10.9 Å². The van der Waals surface area contributed by atoms with Crippen LogP contribution in [0.1, 0.15) is 5.56 Å².